The predicted octanol–water partition coefficient (Wildman–Crippen LogP) is 3.93. The topological polar surface area (TPSA) is 55.1 Å². The summed E-state index contributed by atoms with van der Waals surface area (Å²) in [5.74, 6) is 0.240. The Morgan fingerprint density at radius 1 is 1.09 bits per heavy atom. The average Bonchev–Trinajstić information content (AvgIpc) is 3.04. The van der Waals surface area contributed by atoms with Crippen LogP contribution in [0, 0.1) is 0 Å². The minimum Gasteiger partial charge on any atom is -0.355 e. The summed E-state index contributed by atoms with van der Waals surface area (Å²) in [6.45, 7) is 0.412. The van der Waals surface area contributed by atoms with Crippen LogP contribution >= 0.6 is 11.6 Å². The first kappa shape index (κ1) is 14.4. The van der Waals surface area contributed by atoms with E-state index in [4.69, 9.17) is 16.1 Å². The van der Waals surface area contributed by atoms with Crippen molar-refractivity contribution < 1.29 is 9.32 Å². The molecule has 0 unspecified atom stereocenters. The summed E-state index contributed by atoms with van der Waals surface area (Å²) in [6, 6.07) is 16.7. The molecule has 0 saturated heterocycles. The van der Waals surface area contributed by atoms with Gasteiger partial charge < -0.3 is 9.84 Å². The Bertz CT molecular complexity index is 767. The lowest BCUT2D eigenvalue weighted by Crippen LogP contribution is -2.22. The molecule has 0 fully saturated rings. The van der Waals surface area contributed by atoms with Gasteiger partial charge in [0.25, 0.3) is 5.91 Å². The zero-order valence-corrected chi connectivity index (χ0v) is 12.4. The molecule has 0 aliphatic heterocycles. The van der Waals surface area contributed by atoms with Crippen molar-refractivity contribution in [3.8, 4) is 11.3 Å². The SMILES string of the molecule is O=C(NCc1ccc(Cl)cc1)c1cnoc1-c1ccccc1. The van der Waals surface area contributed by atoms with Crippen LogP contribution in [0.5, 0.6) is 0 Å². The largest absolute Gasteiger partial charge is 0.355 e. The Balaban J connectivity index is 1.73. The van der Waals surface area contributed by atoms with Crippen LogP contribution in [0.2, 0.25) is 5.02 Å². The van der Waals surface area contributed by atoms with Crippen molar-refractivity contribution in [1.82, 2.24) is 10.5 Å². The standard InChI is InChI=1S/C17H13ClN2O2/c18-14-8-6-12(7-9-14)10-19-17(21)15-11-20-22-16(15)13-4-2-1-3-5-13/h1-9,11H,10H2,(H,19,21). The third kappa shape index (κ3) is 3.18. The normalized spacial score (nSPS) is 10.4. The van der Waals surface area contributed by atoms with Gasteiger partial charge in [-0.25, -0.2) is 0 Å². The number of aromatic nitrogens is 1. The maximum Gasteiger partial charge on any atom is 0.257 e. The van der Waals surface area contributed by atoms with E-state index in [-0.39, 0.29) is 5.91 Å². The van der Waals surface area contributed by atoms with Gasteiger partial charge in [0, 0.05) is 17.1 Å². The number of nitrogens with zero attached hydrogens (tertiary/aromatic N) is 1. The van der Waals surface area contributed by atoms with Crippen LogP contribution in [-0.2, 0) is 6.54 Å². The number of rotatable bonds is 4. The number of carbonyl (C=O) groups excluding carboxylic acids is 1. The Labute approximate surface area is 132 Å². The summed E-state index contributed by atoms with van der Waals surface area (Å²) in [6.07, 6.45) is 1.43. The highest BCUT2D eigenvalue weighted by atomic mass is 35.5. The van der Waals surface area contributed by atoms with Gasteiger partial charge in [0.2, 0.25) is 0 Å². The minimum atomic E-state index is -0.227. The molecule has 0 saturated carbocycles. The molecule has 1 aromatic heterocycles. The molecule has 0 atom stereocenters. The van der Waals surface area contributed by atoms with Crippen molar-refractivity contribution in [3.05, 3.63) is 76.9 Å². The molecule has 1 amide bonds. The lowest BCUT2D eigenvalue weighted by atomic mass is 10.1. The summed E-state index contributed by atoms with van der Waals surface area (Å²) in [5, 5.41) is 7.25. The van der Waals surface area contributed by atoms with E-state index < -0.39 is 0 Å². The number of hydrogen-bond acceptors (Lipinski definition) is 3. The van der Waals surface area contributed by atoms with Crippen molar-refractivity contribution in [3.63, 3.8) is 0 Å². The fourth-order valence-corrected chi connectivity index (χ4v) is 2.20. The highest BCUT2D eigenvalue weighted by Crippen LogP contribution is 2.23. The molecule has 0 bridgehead atoms. The second-order valence-electron chi connectivity index (χ2n) is 4.74. The quantitative estimate of drug-likeness (QED) is 0.794. The third-order valence-electron chi connectivity index (χ3n) is 3.22. The Hall–Kier alpha value is -2.59. The summed E-state index contributed by atoms with van der Waals surface area (Å²) < 4.78 is 5.21. The predicted molar refractivity (Wildman–Crippen MR) is 84.6 cm³/mol. The number of halogens is 1. The first-order valence-electron chi connectivity index (χ1n) is 6.77. The van der Waals surface area contributed by atoms with Crippen LogP contribution in [0.15, 0.2) is 65.3 Å². The molecule has 1 heterocycles. The molecular formula is C17H13ClN2O2. The van der Waals surface area contributed by atoms with Crippen LogP contribution in [0.3, 0.4) is 0 Å². The minimum absolute atomic E-state index is 0.227. The number of benzene rings is 2. The maximum absolute atomic E-state index is 12.3. The number of nitrogens with one attached hydrogen (secondary N) is 1. The van der Waals surface area contributed by atoms with Crippen molar-refractivity contribution in [1.29, 1.82) is 0 Å². The smallest absolute Gasteiger partial charge is 0.257 e. The van der Waals surface area contributed by atoms with Crippen LogP contribution in [-0.4, -0.2) is 11.1 Å². The highest BCUT2D eigenvalue weighted by Gasteiger charge is 2.17. The first-order chi connectivity index (χ1) is 10.7. The van der Waals surface area contributed by atoms with E-state index in [0.717, 1.165) is 11.1 Å². The molecule has 3 rings (SSSR count). The molecule has 2 aromatic carbocycles. The van der Waals surface area contributed by atoms with Gasteiger partial charge in [0.05, 0.1) is 6.20 Å². The molecule has 110 valence electrons. The lowest BCUT2D eigenvalue weighted by Gasteiger charge is -2.05. The maximum atomic E-state index is 12.3. The van der Waals surface area contributed by atoms with Crippen LogP contribution in [0.1, 0.15) is 15.9 Å². The highest BCUT2D eigenvalue weighted by molar-refractivity contribution is 6.30. The second kappa shape index (κ2) is 6.45. The van der Waals surface area contributed by atoms with Crippen LogP contribution < -0.4 is 5.32 Å². The van der Waals surface area contributed by atoms with Crippen LogP contribution in [0.4, 0.5) is 0 Å². The fraction of sp³-hybridized carbons (Fsp3) is 0.0588. The van der Waals surface area contributed by atoms with E-state index in [1.54, 1.807) is 12.1 Å². The lowest BCUT2D eigenvalue weighted by molar-refractivity contribution is 0.0951. The molecule has 1 N–H and O–H groups in total. The monoisotopic (exact) mass is 312 g/mol. The van der Waals surface area contributed by atoms with Crippen LogP contribution in [0.25, 0.3) is 11.3 Å². The number of amides is 1. The van der Waals surface area contributed by atoms with Gasteiger partial charge in [-0.2, -0.15) is 0 Å². The van der Waals surface area contributed by atoms with Gasteiger partial charge in [-0.3, -0.25) is 4.79 Å². The van der Waals surface area contributed by atoms with Gasteiger partial charge in [0.1, 0.15) is 5.56 Å². The van der Waals surface area contributed by atoms with E-state index in [1.807, 2.05) is 42.5 Å². The summed E-state index contributed by atoms with van der Waals surface area (Å²) in [4.78, 5) is 12.3. The van der Waals surface area contributed by atoms with E-state index in [2.05, 4.69) is 10.5 Å². The summed E-state index contributed by atoms with van der Waals surface area (Å²) in [7, 11) is 0. The van der Waals surface area contributed by atoms with E-state index in [9.17, 15) is 4.79 Å². The third-order valence-corrected chi connectivity index (χ3v) is 3.47. The average molecular weight is 313 g/mol. The van der Waals surface area contributed by atoms with Crippen molar-refractivity contribution in [2.45, 2.75) is 6.54 Å². The van der Waals surface area contributed by atoms with E-state index >= 15 is 0 Å². The molecule has 0 spiro atoms. The zero-order valence-electron chi connectivity index (χ0n) is 11.6. The van der Waals surface area contributed by atoms with Gasteiger partial charge >= 0.3 is 0 Å². The molecule has 0 aliphatic rings. The Morgan fingerprint density at radius 3 is 2.55 bits per heavy atom. The van der Waals surface area contributed by atoms with Gasteiger partial charge in [-0.05, 0) is 17.7 Å². The molecule has 0 aliphatic carbocycles. The first-order valence-corrected chi connectivity index (χ1v) is 7.14. The van der Waals surface area contributed by atoms with Crippen molar-refractivity contribution >= 4 is 17.5 Å². The van der Waals surface area contributed by atoms with E-state index in [0.29, 0.717) is 22.9 Å². The number of hydrogen-bond donors (Lipinski definition) is 1. The van der Waals surface area contributed by atoms with Crippen molar-refractivity contribution in [2.75, 3.05) is 0 Å². The fourth-order valence-electron chi connectivity index (χ4n) is 2.08. The summed E-state index contributed by atoms with van der Waals surface area (Å²) in [5.41, 5.74) is 2.20. The Morgan fingerprint density at radius 2 is 1.82 bits per heavy atom. The molecule has 0 radical (unpaired) electrons. The van der Waals surface area contributed by atoms with Crippen molar-refractivity contribution in [2.24, 2.45) is 0 Å². The van der Waals surface area contributed by atoms with Gasteiger partial charge in [-0.1, -0.05) is 59.2 Å². The Kier molecular flexibility index (Phi) is 4.21. The zero-order chi connectivity index (χ0) is 15.4. The molecule has 4 nitrogen and oxygen atoms in total. The van der Waals surface area contributed by atoms with Gasteiger partial charge in [-0.15, -0.1) is 0 Å². The molecule has 5 heteroatoms. The van der Waals surface area contributed by atoms with E-state index in [1.165, 1.54) is 6.20 Å². The number of carbonyl (C=O) groups is 1. The van der Waals surface area contributed by atoms with Gasteiger partial charge in [0.15, 0.2) is 5.76 Å². The second-order valence-corrected chi connectivity index (χ2v) is 5.18. The molecule has 22 heavy (non-hydrogen) atoms. The molecular weight excluding hydrogens is 300 g/mol. The molecule has 3 aromatic rings. The summed E-state index contributed by atoms with van der Waals surface area (Å²) >= 11 is 5.84.